The van der Waals surface area contributed by atoms with Crippen LogP contribution in [-0.4, -0.2) is 46.9 Å². The Morgan fingerprint density at radius 3 is 2.44 bits per heavy atom. The second kappa shape index (κ2) is 7.80. The zero-order chi connectivity index (χ0) is 18.8. The average Bonchev–Trinajstić information content (AvgIpc) is 3.25. The van der Waals surface area contributed by atoms with Crippen molar-refractivity contribution in [3.63, 3.8) is 0 Å². The van der Waals surface area contributed by atoms with Gasteiger partial charge in [-0.25, -0.2) is 0 Å². The molecule has 2 saturated heterocycles. The van der Waals surface area contributed by atoms with Crippen LogP contribution in [0.4, 0.5) is 0 Å². The molecule has 2 heterocycles. The lowest BCUT2D eigenvalue weighted by Gasteiger charge is -2.29. The molecule has 142 valence electrons. The van der Waals surface area contributed by atoms with Gasteiger partial charge in [-0.05, 0) is 17.0 Å². The van der Waals surface area contributed by atoms with Crippen LogP contribution in [0.3, 0.4) is 0 Å². The first kappa shape index (κ1) is 18.2. The maximum absolute atomic E-state index is 13.3. The third-order valence-corrected chi connectivity index (χ3v) is 5.67. The van der Waals surface area contributed by atoms with Crippen molar-refractivity contribution in [1.29, 1.82) is 0 Å². The number of aliphatic hydroxyl groups excluding tert-OH is 1. The van der Waals surface area contributed by atoms with E-state index in [2.05, 4.69) is 24.0 Å². The van der Waals surface area contributed by atoms with E-state index >= 15 is 0 Å². The summed E-state index contributed by atoms with van der Waals surface area (Å²) in [6.45, 7) is 4.88. The number of ether oxygens (including phenoxy) is 1. The summed E-state index contributed by atoms with van der Waals surface area (Å²) in [5, 5.41) is 10.3. The zero-order valence-electron chi connectivity index (χ0n) is 15.6. The lowest BCUT2D eigenvalue weighted by Crippen LogP contribution is -2.43. The van der Waals surface area contributed by atoms with Crippen molar-refractivity contribution in [1.82, 2.24) is 9.80 Å². The van der Waals surface area contributed by atoms with Crippen LogP contribution >= 0.6 is 0 Å². The monoisotopic (exact) mass is 366 g/mol. The van der Waals surface area contributed by atoms with E-state index < -0.39 is 6.41 Å². The molecule has 0 aromatic heterocycles. The van der Waals surface area contributed by atoms with Crippen LogP contribution in [0.25, 0.3) is 0 Å². The fourth-order valence-electron chi connectivity index (χ4n) is 4.24. The van der Waals surface area contributed by atoms with Crippen molar-refractivity contribution in [3.05, 3.63) is 71.8 Å². The lowest BCUT2D eigenvalue weighted by atomic mass is 9.95. The van der Waals surface area contributed by atoms with E-state index in [0.717, 1.165) is 18.7 Å². The van der Waals surface area contributed by atoms with Crippen LogP contribution < -0.4 is 0 Å². The average molecular weight is 366 g/mol. The molecule has 2 aromatic carbocycles. The Morgan fingerprint density at radius 2 is 1.74 bits per heavy atom. The standard InChI is InChI=1S/C22H26N2O3/c1-16-12-23(13-17-8-4-2-5-9-17)14-19(16)21(25)24-20(15-27-22(24)26)18-10-6-3-7-11-18/h2-11,16,19-20,22,26H,12-15H2,1H3. The Bertz CT molecular complexity index is 768. The number of amides is 1. The van der Waals surface area contributed by atoms with Crippen molar-refractivity contribution in [2.45, 2.75) is 25.9 Å². The van der Waals surface area contributed by atoms with Gasteiger partial charge in [-0.3, -0.25) is 14.6 Å². The number of hydrogen-bond donors (Lipinski definition) is 1. The number of benzene rings is 2. The topological polar surface area (TPSA) is 53.0 Å². The maximum Gasteiger partial charge on any atom is 0.240 e. The molecule has 5 nitrogen and oxygen atoms in total. The SMILES string of the molecule is CC1CN(Cc2ccccc2)CC1C(=O)N1C(O)OCC1c1ccccc1. The number of rotatable bonds is 4. The highest BCUT2D eigenvalue weighted by atomic mass is 16.6. The molecule has 1 amide bonds. The summed E-state index contributed by atoms with van der Waals surface area (Å²) in [4.78, 5) is 17.2. The molecule has 0 aliphatic carbocycles. The Balaban J connectivity index is 1.48. The van der Waals surface area contributed by atoms with Crippen molar-refractivity contribution in [2.24, 2.45) is 11.8 Å². The Kier molecular flexibility index (Phi) is 5.25. The van der Waals surface area contributed by atoms with Gasteiger partial charge in [0.25, 0.3) is 0 Å². The summed E-state index contributed by atoms with van der Waals surface area (Å²) in [6.07, 6.45) is -1.17. The van der Waals surface area contributed by atoms with E-state index in [1.165, 1.54) is 10.5 Å². The molecule has 0 saturated carbocycles. The highest BCUT2D eigenvalue weighted by Gasteiger charge is 2.44. The summed E-state index contributed by atoms with van der Waals surface area (Å²) in [5.41, 5.74) is 2.25. The van der Waals surface area contributed by atoms with E-state index in [9.17, 15) is 9.90 Å². The quantitative estimate of drug-likeness (QED) is 0.904. The van der Waals surface area contributed by atoms with Gasteiger partial charge >= 0.3 is 0 Å². The highest BCUT2D eigenvalue weighted by molar-refractivity contribution is 5.80. The molecule has 2 fully saturated rings. The van der Waals surface area contributed by atoms with E-state index in [4.69, 9.17) is 4.74 Å². The second-order valence-electron chi connectivity index (χ2n) is 7.60. The van der Waals surface area contributed by atoms with Crippen LogP contribution in [-0.2, 0) is 16.1 Å². The maximum atomic E-state index is 13.3. The van der Waals surface area contributed by atoms with Gasteiger partial charge in [0, 0.05) is 19.6 Å². The highest BCUT2D eigenvalue weighted by Crippen LogP contribution is 2.34. The van der Waals surface area contributed by atoms with Crippen LogP contribution in [0.15, 0.2) is 60.7 Å². The molecule has 4 atom stereocenters. The van der Waals surface area contributed by atoms with Gasteiger partial charge in [0.1, 0.15) is 0 Å². The predicted molar refractivity (Wildman–Crippen MR) is 102 cm³/mol. The molecule has 4 rings (SSSR count). The normalized spacial score (nSPS) is 28.6. The zero-order valence-corrected chi connectivity index (χ0v) is 15.6. The molecule has 27 heavy (non-hydrogen) atoms. The third kappa shape index (κ3) is 3.76. The largest absolute Gasteiger partial charge is 0.351 e. The number of likely N-dealkylation sites (tertiary alicyclic amines) is 1. The Morgan fingerprint density at radius 1 is 1.07 bits per heavy atom. The second-order valence-corrected chi connectivity index (χ2v) is 7.60. The van der Waals surface area contributed by atoms with E-state index in [-0.39, 0.29) is 23.8 Å². The molecule has 4 unspecified atom stereocenters. The van der Waals surface area contributed by atoms with Crippen LogP contribution in [0.5, 0.6) is 0 Å². The molecule has 2 aliphatic rings. The molecule has 0 radical (unpaired) electrons. The van der Waals surface area contributed by atoms with E-state index in [1.807, 2.05) is 48.5 Å². The fourth-order valence-corrected chi connectivity index (χ4v) is 4.24. The first-order chi connectivity index (χ1) is 13.1. The molecular weight excluding hydrogens is 340 g/mol. The van der Waals surface area contributed by atoms with Crippen molar-refractivity contribution in [2.75, 3.05) is 19.7 Å². The third-order valence-electron chi connectivity index (χ3n) is 5.67. The lowest BCUT2D eigenvalue weighted by molar-refractivity contribution is -0.169. The van der Waals surface area contributed by atoms with E-state index in [0.29, 0.717) is 13.2 Å². The number of carbonyl (C=O) groups excluding carboxylic acids is 1. The fraction of sp³-hybridized carbons (Fsp3) is 0.409. The predicted octanol–water partition coefficient (Wildman–Crippen LogP) is 2.63. The first-order valence-corrected chi connectivity index (χ1v) is 9.56. The smallest absolute Gasteiger partial charge is 0.240 e. The Labute approximate surface area is 160 Å². The number of aliphatic hydroxyl groups is 1. The molecule has 5 heteroatoms. The van der Waals surface area contributed by atoms with Crippen molar-refractivity contribution < 1.29 is 14.6 Å². The van der Waals surface area contributed by atoms with Crippen LogP contribution in [0.2, 0.25) is 0 Å². The van der Waals surface area contributed by atoms with Crippen molar-refractivity contribution >= 4 is 5.91 Å². The number of hydrogen-bond acceptors (Lipinski definition) is 4. The minimum atomic E-state index is -1.17. The molecule has 1 N–H and O–H groups in total. The van der Waals surface area contributed by atoms with Gasteiger partial charge in [-0.2, -0.15) is 0 Å². The number of nitrogens with zero attached hydrogens (tertiary/aromatic N) is 2. The molecule has 0 bridgehead atoms. The molecule has 0 spiro atoms. The van der Waals surface area contributed by atoms with Gasteiger partial charge in [-0.15, -0.1) is 0 Å². The van der Waals surface area contributed by atoms with Crippen molar-refractivity contribution in [3.8, 4) is 0 Å². The molecule has 2 aromatic rings. The summed E-state index contributed by atoms with van der Waals surface area (Å²) < 4.78 is 5.42. The van der Waals surface area contributed by atoms with Crippen LogP contribution in [0, 0.1) is 11.8 Å². The van der Waals surface area contributed by atoms with Gasteiger partial charge < -0.3 is 9.84 Å². The van der Waals surface area contributed by atoms with E-state index in [1.54, 1.807) is 0 Å². The van der Waals surface area contributed by atoms with Gasteiger partial charge in [0.15, 0.2) is 0 Å². The Hall–Kier alpha value is -2.21. The summed E-state index contributed by atoms with van der Waals surface area (Å²) in [6, 6.07) is 19.9. The summed E-state index contributed by atoms with van der Waals surface area (Å²) in [7, 11) is 0. The molecule has 2 aliphatic heterocycles. The minimum absolute atomic E-state index is 0.0167. The van der Waals surface area contributed by atoms with Crippen LogP contribution in [0.1, 0.15) is 24.1 Å². The summed E-state index contributed by atoms with van der Waals surface area (Å²) in [5.74, 6) is 0.0959. The summed E-state index contributed by atoms with van der Waals surface area (Å²) >= 11 is 0. The number of carbonyl (C=O) groups is 1. The van der Waals surface area contributed by atoms with Gasteiger partial charge in [0.2, 0.25) is 12.3 Å². The minimum Gasteiger partial charge on any atom is -0.351 e. The molecular formula is C22H26N2O3. The first-order valence-electron chi connectivity index (χ1n) is 9.56. The van der Waals surface area contributed by atoms with Gasteiger partial charge in [0.05, 0.1) is 18.6 Å². The van der Waals surface area contributed by atoms with Gasteiger partial charge in [-0.1, -0.05) is 67.6 Å².